The molecule has 0 heterocycles. The molecule has 1 aliphatic carbocycles. The molecule has 1 nitrogen and oxygen atoms in total. The first-order valence-electron chi connectivity index (χ1n) is 5.37. The Morgan fingerprint density at radius 1 is 1.20 bits per heavy atom. The molecule has 0 aliphatic heterocycles. The molecule has 0 N–H and O–H groups in total. The summed E-state index contributed by atoms with van der Waals surface area (Å²) < 4.78 is 19.8. The van der Waals surface area contributed by atoms with Gasteiger partial charge in [-0.2, -0.15) is 0 Å². The van der Waals surface area contributed by atoms with Gasteiger partial charge in [0.15, 0.2) is 11.6 Å². The summed E-state index contributed by atoms with van der Waals surface area (Å²) in [6.45, 7) is 0. The van der Waals surface area contributed by atoms with E-state index in [0.717, 1.165) is 17.3 Å². The summed E-state index contributed by atoms with van der Waals surface area (Å²) in [5.41, 5.74) is 0. The topological polar surface area (TPSA) is 9.23 Å². The Balaban J connectivity index is 2.03. The van der Waals surface area contributed by atoms with Gasteiger partial charge in [0.05, 0.1) is 6.10 Å². The first-order valence-corrected chi connectivity index (χ1v) is 6.17. The Bertz CT molecular complexity index is 334. The predicted molar refractivity (Wildman–Crippen MR) is 61.6 cm³/mol. The van der Waals surface area contributed by atoms with E-state index in [1.165, 1.54) is 25.3 Å². The fraction of sp³-hybridized carbons (Fsp3) is 0.500. The average Bonchev–Trinajstić information content (AvgIpc) is 2.24. The molecule has 0 spiro atoms. The lowest BCUT2D eigenvalue weighted by Crippen LogP contribution is -2.20. The molecule has 0 bridgehead atoms. The SMILES string of the molecule is Fc1cc(Br)ccc1OC1CCCCC1. The number of hydrogen-bond acceptors (Lipinski definition) is 1. The number of halogens is 2. The van der Waals surface area contributed by atoms with Gasteiger partial charge in [0, 0.05) is 4.47 Å². The van der Waals surface area contributed by atoms with Crippen LogP contribution in [0.5, 0.6) is 5.75 Å². The van der Waals surface area contributed by atoms with Crippen molar-refractivity contribution in [2.75, 3.05) is 0 Å². The highest BCUT2D eigenvalue weighted by Crippen LogP contribution is 2.26. The van der Waals surface area contributed by atoms with Crippen molar-refractivity contribution >= 4 is 15.9 Å². The molecule has 1 saturated carbocycles. The smallest absolute Gasteiger partial charge is 0.166 e. The number of ether oxygens (including phenoxy) is 1. The highest BCUT2D eigenvalue weighted by Gasteiger charge is 2.16. The highest BCUT2D eigenvalue weighted by molar-refractivity contribution is 9.10. The van der Waals surface area contributed by atoms with E-state index in [9.17, 15) is 4.39 Å². The Kier molecular flexibility index (Phi) is 3.62. The van der Waals surface area contributed by atoms with Crippen molar-refractivity contribution in [3.05, 3.63) is 28.5 Å². The molecule has 3 heteroatoms. The van der Waals surface area contributed by atoms with E-state index in [0.29, 0.717) is 5.75 Å². The Morgan fingerprint density at radius 3 is 2.60 bits per heavy atom. The van der Waals surface area contributed by atoms with Gasteiger partial charge < -0.3 is 4.74 Å². The minimum absolute atomic E-state index is 0.203. The molecule has 0 saturated heterocycles. The standard InChI is InChI=1S/C12H14BrFO/c13-9-6-7-12(11(14)8-9)15-10-4-2-1-3-5-10/h6-8,10H,1-5H2. The van der Waals surface area contributed by atoms with E-state index in [1.54, 1.807) is 12.1 Å². The molecule has 1 aliphatic rings. The van der Waals surface area contributed by atoms with Crippen LogP contribution < -0.4 is 4.74 Å². The van der Waals surface area contributed by atoms with Crippen molar-refractivity contribution in [3.63, 3.8) is 0 Å². The number of benzene rings is 1. The summed E-state index contributed by atoms with van der Waals surface area (Å²) in [7, 11) is 0. The van der Waals surface area contributed by atoms with E-state index in [4.69, 9.17) is 4.74 Å². The van der Waals surface area contributed by atoms with Crippen LogP contribution in [0.2, 0.25) is 0 Å². The lowest BCUT2D eigenvalue weighted by Gasteiger charge is -2.23. The molecule has 0 atom stereocenters. The van der Waals surface area contributed by atoms with Crippen LogP contribution in [-0.4, -0.2) is 6.10 Å². The molecule has 0 unspecified atom stereocenters. The van der Waals surface area contributed by atoms with Crippen molar-refractivity contribution in [2.45, 2.75) is 38.2 Å². The van der Waals surface area contributed by atoms with E-state index in [1.807, 2.05) is 0 Å². The van der Waals surface area contributed by atoms with Gasteiger partial charge in [0.25, 0.3) is 0 Å². The van der Waals surface area contributed by atoms with Gasteiger partial charge in [-0.15, -0.1) is 0 Å². The molecule has 1 aromatic rings. The highest BCUT2D eigenvalue weighted by atomic mass is 79.9. The third-order valence-electron chi connectivity index (χ3n) is 2.74. The van der Waals surface area contributed by atoms with E-state index >= 15 is 0 Å². The molecule has 0 aromatic heterocycles. The maximum absolute atomic E-state index is 13.5. The third kappa shape index (κ3) is 2.94. The summed E-state index contributed by atoms with van der Waals surface area (Å²) >= 11 is 3.23. The quantitative estimate of drug-likeness (QED) is 0.780. The van der Waals surface area contributed by atoms with Gasteiger partial charge >= 0.3 is 0 Å². The molecular formula is C12H14BrFO. The molecular weight excluding hydrogens is 259 g/mol. The zero-order valence-corrected chi connectivity index (χ0v) is 10.1. The van der Waals surface area contributed by atoms with Gasteiger partial charge in [-0.25, -0.2) is 4.39 Å². The summed E-state index contributed by atoms with van der Waals surface area (Å²) in [4.78, 5) is 0. The third-order valence-corrected chi connectivity index (χ3v) is 3.23. The lowest BCUT2D eigenvalue weighted by atomic mass is 9.98. The second-order valence-electron chi connectivity index (χ2n) is 3.95. The number of hydrogen-bond donors (Lipinski definition) is 0. The fourth-order valence-corrected chi connectivity index (χ4v) is 2.27. The first kappa shape index (κ1) is 10.9. The monoisotopic (exact) mass is 272 g/mol. The van der Waals surface area contributed by atoms with Crippen molar-refractivity contribution in [3.8, 4) is 5.75 Å². The maximum atomic E-state index is 13.5. The van der Waals surface area contributed by atoms with Crippen molar-refractivity contribution in [1.82, 2.24) is 0 Å². The van der Waals surface area contributed by atoms with Gasteiger partial charge in [-0.05, 0) is 43.9 Å². The van der Waals surface area contributed by atoms with E-state index in [-0.39, 0.29) is 11.9 Å². The summed E-state index contributed by atoms with van der Waals surface area (Å²) in [6.07, 6.45) is 5.98. The van der Waals surface area contributed by atoms with Crippen LogP contribution in [0.1, 0.15) is 32.1 Å². The van der Waals surface area contributed by atoms with Crippen LogP contribution in [0.4, 0.5) is 4.39 Å². The van der Waals surface area contributed by atoms with Crippen molar-refractivity contribution in [2.24, 2.45) is 0 Å². The Morgan fingerprint density at radius 2 is 1.93 bits per heavy atom. The minimum atomic E-state index is -0.282. The maximum Gasteiger partial charge on any atom is 0.166 e. The van der Waals surface area contributed by atoms with E-state index < -0.39 is 0 Å². The fourth-order valence-electron chi connectivity index (χ4n) is 1.93. The number of rotatable bonds is 2. The molecule has 0 amide bonds. The zero-order valence-electron chi connectivity index (χ0n) is 8.51. The second-order valence-corrected chi connectivity index (χ2v) is 4.87. The molecule has 1 fully saturated rings. The lowest BCUT2D eigenvalue weighted by molar-refractivity contribution is 0.148. The van der Waals surface area contributed by atoms with Crippen LogP contribution >= 0.6 is 15.9 Å². The van der Waals surface area contributed by atoms with Crippen LogP contribution in [0.25, 0.3) is 0 Å². The van der Waals surface area contributed by atoms with Crippen LogP contribution in [0.15, 0.2) is 22.7 Å². The largest absolute Gasteiger partial charge is 0.487 e. The predicted octanol–water partition coefficient (Wildman–Crippen LogP) is 4.30. The molecule has 15 heavy (non-hydrogen) atoms. The molecule has 1 aromatic carbocycles. The molecule has 82 valence electrons. The van der Waals surface area contributed by atoms with Crippen molar-refractivity contribution < 1.29 is 9.13 Å². The molecule has 0 radical (unpaired) electrons. The van der Waals surface area contributed by atoms with E-state index in [2.05, 4.69) is 15.9 Å². The van der Waals surface area contributed by atoms with Gasteiger partial charge in [-0.3, -0.25) is 0 Å². The normalized spacial score (nSPS) is 17.7. The van der Waals surface area contributed by atoms with Gasteiger partial charge in [0.1, 0.15) is 0 Å². The molecule has 2 rings (SSSR count). The second kappa shape index (κ2) is 4.97. The van der Waals surface area contributed by atoms with Gasteiger partial charge in [0.2, 0.25) is 0 Å². The van der Waals surface area contributed by atoms with Gasteiger partial charge in [-0.1, -0.05) is 22.4 Å². The first-order chi connectivity index (χ1) is 7.25. The van der Waals surface area contributed by atoms with Crippen LogP contribution in [0.3, 0.4) is 0 Å². The van der Waals surface area contributed by atoms with Crippen LogP contribution in [-0.2, 0) is 0 Å². The zero-order chi connectivity index (χ0) is 10.7. The minimum Gasteiger partial charge on any atom is -0.487 e. The summed E-state index contributed by atoms with van der Waals surface area (Å²) in [6, 6.07) is 4.94. The van der Waals surface area contributed by atoms with Crippen molar-refractivity contribution in [1.29, 1.82) is 0 Å². The summed E-state index contributed by atoms with van der Waals surface area (Å²) in [5.74, 6) is 0.0973. The Labute approximate surface area is 97.8 Å². The Hall–Kier alpha value is -0.570. The van der Waals surface area contributed by atoms with Crippen LogP contribution in [0, 0.1) is 5.82 Å². The summed E-state index contributed by atoms with van der Waals surface area (Å²) in [5, 5.41) is 0. The average molecular weight is 273 g/mol.